The maximum atomic E-state index is 3.42. The van der Waals surface area contributed by atoms with Gasteiger partial charge in [-0.05, 0) is 23.3 Å². The number of benzene rings is 1. The Balaban J connectivity index is 2.27. The molecule has 0 aromatic heterocycles. The summed E-state index contributed by atoms with van der Waals surface area (Å²) >= 11 is 3.42. The normalized spacial score (nSPS) is 18.8. The van der Waals surface area contributed by atoms with Gasteiger partial charge in [0.25, 0.3) is 0 Å². The summed E-state index contributed by atoms with van der Waals surface area (Å²) in [6.45, 7) is 4.48. The van der Waals surface area contributed by atoms with Gasteiger partial charge in [0.1, 0.15) is 0 Å². The van der Waals surface area contributed by atoms with Gasteiger partial charge in [-0.25, -0.2) is 0 Å². The second kappa shape index (κ2) is 2.46. The fourth-order valence-electron chi connectivity index (χ4n) is 1.41. The molecular formula is C11H11Br. The Morgan fingerprint density at radius 1 is 1.08 bits per heavy atom. The molecule has 1 aliphatic rings. The van der Waals surface area contributed by atoms with Crippen molar-refractivity contribution in [1.82, 2.24) is 0 Å². The van der Waals surface area contributed by atoms with Crippen molar-refractivity contribution in [3.63, 3.8) is 0 Å². The smallest absolute Gasteiger partial charge is 0.0175 e. The predicted octanol–water partition coefficient (Wildman–Crippen LogP) is 3.87. The zero-order valence-corrected chi connectivity index (χ0v) is 8.85. The molecule has 1 heteroatoms. The number of allylic oxidation sites excluding steroid dienone is 2. The minimum atomic E-state index is 0.341. The molecule has 0 spiro atoms. The van der Waals surface area contributed by atoms with Gasteiger partial charge in [-0.1, -0.05) is 48.0 Å². The van der Waals surface area contributed by atoms with Crippen LogP contribution in [0.3, 0.4) is 0 Å². The SMILES string of the molecule is CC1(C)C=C1c1ccc(Br)cc1. The van der Waals surface area contributed by atoms with Gasteiger partial charge < -0.3 is 0 Å². The monoisotopic (exact) mass is 222 g/mol. The molecule has 1 aromatic rings. The van der Waals surface area contributed by atoms with Gasteiger partial charge in [-0.3, -0.25) is 0 Å². The predicted molar refractivity (Wildman–Crippen MR) is 55.9 cm³/mol. The maximum Gasteiger partial charge on any atom is 0.0175 e. The molecule has 0 amide bonds. The van der Waals surface area contributed by atoms with Crippen molar-refractivity contribution in [2.24, 2.45) is 5.41 Å². The highest BCUT2D eigenvalue weighted by Crippen LogP contribution is 2.49. The lowest BCUT2D eigenvalue weighted by molar-refractivity contribution is 0.746. The van der Waals surface area contributed by atoms with Crippen molar-refractivity contribution in [2.45, 2.75) is 13.8 Å². The van der Waals surface area contributed by atoms with E-state index in [-0.39, 0.29) is 0 Å². The summed E-state index contributed by atoms with van der Waals surface area (Å²) in [6, 6.07) is 8.49. The zero-order valence-electron chi connectivity index (χ0n) is 7.26. The molecule has 0 aliphatic heterocycles. The highest BCUT2D eigenvalue weighted by Gasteiger charge is 2.34. The van der Waals surface area contributed by atoms with Crippen molar-refractivity contribution in [3.05, 3.63) is 40.4 Å². The summed E-state index contributed by atoms with van der Waals surface area (Å²) in [4.78, 5) is 0. The molecule has 0 saturated heterocycles. The largest absolute Gasteiger partial charge is 0.0698 e. The molecule has 0 nitrogen and oxygen atoms in total. The number of hydrogen-bond donors (Lipinski definition) is 0. The van der Waals surface area contributed by atoms with E-state index in [2.05, 4.69) is 60.1 Å². The van der Waals surface area contributed by atoms with Gasteiger partial charge in [-0.2, -0.15) is 0 Å². The Morgan fingerprint density at radius 2 is 1.58 bits per heavy atom. The molecule has 2 rings (SSSR count). The summed E-state index contributed by atoms with van der Waals surface area (Å²) in [5, 5.41) is 0. The van der Waals surface area contributed by atoms with E-state index in [1.807, 2.05) is 0 Å². The highest BCUT2D eigenvalue weighted by molar-refractivity contribution is 9.10. The number of halogens is 1. The molecule has 0 bridgehead atoms. The molecule has 1 aromatic carbocycles. The van der Waals surface area contributed by atoms with Crippen LogP contribution in [-0.2, 0) is 0 Å². The van der Waals surface area contributed by atoms with E-state index in [1.165, 1.54) is 11.1 Å². The third-order valence-corrected chi connectivity index (χ3v) is 2.80. The fraction of sp³-hybridized carbons (Fsp3) is 0.273. The van der Waals surface area contributed by atoms with Crippen LogP contribution in [0.1, 0.15) is 19.4 Å². The van der Waals surface area contributed by atoms with Crippen LogP contribution >= 0.6 is 15.9 Å². The van der Waals surface area contributed by atoms with E-state index in [4.69, 9.17) is 0 Å². The third-order valence-electron chi connectivity index (χ3n) is 2.27. The van der Waals surface area contributed by atoms with Crippen molar-refractivity contribution >= 4 is 21.5 Å². The van der Waals surface area contributed by atoms with E-state index in [9.17, 15) is 0 Å². The Hall–Kier alpha value is -0.560. The molecule has 0 atom stereocenters. The average molecular weight is 223 g/mol. The molecule has 0 N–H and O–H groups in total. The molecule has 12 heavy (non-hydrogen) atoms. The maximum absolute atomic E-state index is 3.42. The van der Waals surface area contributed by atoms with Crippen LogP contribution in [0, 0.1) is 5.41 Å². The van der Waals surface area contributed by atoms with Crippen LogP contribution in [0.2, 0.25) is 0 Å². The minimum Gasteiger partial charge on any atom is -0.0698 e. The number of rotatable bonds is 1. The molecule has 0 saturated carbocycles. The van der Waals surface area contributed by atoms with E-state index in [0.717, 1.165) is 4.47 Å². The van der Waals surface area contributed by atoms with Gasteiger partial charge in [-0.15, -0.1) is 0 Å². The molecule has 1 aliphatic carbocycles. The van der Waals surface area contributed by atoms with Crippen molar-refractivity contribution in [1.29, 1.82) is 0 Å². The third kappa shape index (κ3) is 1.34. The van der Waals surface area contributed by atoms with Crippen molar-refractivity contribution in [3.8, 4) is 0 Å². The van der Waals surface area contributed by atoms with Crippen LogP contribution in [0.25, 0.3) is 5.57 Å². The fourth-order valence-corrected chi connectivity index (χ4v) is 1.67. The standard InChI is InChI=1S/C11H11Br/c1-11(2)7-10(11)8-3-5-9(12)6-4-8/h3-7H,1-2H3. The van der Waals surface area contributed by atoms with Crippen LogP contribution < -0.4 is 0 Å². The summed E-state index contributed by atoms with van der Waals surface area (Å²) in [5.74, 6) is 0. The lowest BCUT2D eigenvalue weighted by atomic mass is 10.0. The molecular weight excluding hydrogens is 212 g/mol. The Kier molecular flexibility index (Phi) is 1.65. The van der Waals surface area contributed by atoms with Gasteiger partial charge >= 0.3 is 0 Å². The van der Waals surface area contributed by atoms with Crippen LogP contribution in [0.15, 0.2) is 34.8 Å². The first kappa shape index (κ1) is 8.06. The van der Waals surface area contributed by atoms with Crippen molar-refractivity contribution < 1.29 is 0 Å². The topological polar surface area (TPSA) is 0 Å². The summed E-state index contributed by atoms with van der Waals surface area (Å²) < 4.78 is 1.14. The van der Waals surface area contributed by atoms with Gasteiger partial charge in [0.05, 0.1) is 0 Å². The molecule has 0 fully saturated rings. The summed E-state index contributed by atoms with van der Waals surface area (Å²) in [5.41, 5.74) is 3.16. The van der Waals surface area contributed by atoms with Crippen LogP contribution in [-0.4, -0.2) is 0 Å². The van der Waals surface area contributed by atoms with Crippen LogP contribution in [0.4, 0.5) is 0 Å². The molecule has 0 unspecified atom stereocenters. The van der Waals surface area contributed by atoms with E-state index < -0.39 is 0 Å². The zero-order chi connectivity index (χ0) is 8.77. The quantitative estimate of drug-likeness (QED) is 0.677. The number of hydrogen-bond acceptors (Lipinski definition) is 0. The van der Waals surface area contributed by atoms with E-state index >= 15 is 0 Å². The lowest BCUT2D eigenvalue weighted by Gasteiger charge is -2.03. The van der Waals surface area contributed by atoms with E-state index in [0.29, 0.717) is 5.41 Å². The Bertz CT molecular complexity index is 331. The highest BCUT2D eigenvalue weighted by atomic mass is 79.9. The first-order chi connectivity index (χ1) is 5.59. The summed E-state index contributed by atoms with van der Waals surface area (Å²) in [6.07, 6.45) is 2.30. The lowest BCUT2D eigenvalue weighted by Crippen LogP contribution is -1.89. The summed E-state index contributed by atoms with van der Waals surface area (Å²) in [7, 11) is 0. The van der Waals surface area contributed by atoms with Gasteiger partial charge in [0, 0.05) is 9.89 Å². The second-order valence-electron chi connectivity index (χ2n) is 3.79. The molecule has 0 heterocycles. The van der Waals surface area contributed by atoms with Crippen molar-refractivity contribution in [2.75, 3.05) is 0 Å². The van der Waals surface area contributed by atoms with Crippen LogP contribution in [0.5, 0.6) is 0 Å². The molecule has 0 radical (unpaired) electrons. The Labute approximate surface area is 81.4 Å². The first-order valence-electron chi connectivity index (χ1n) is 4.09. The first-order valence-corrected chi connectivity index (χ1v) is 4.88. The minimum absolute atomic E-state index is 0.341. The average Bonchev–Trinajstić information content (AvgIpc) is 2.61. The van der Waals surface area contributed by atoms with E-state index in [1.54, 1.807) is 0 Å². The second-order valence-corrected chi connectivity index (χ2v) is 4.70. The Morgan fingerprint density at radius 3 is 2.00 bits per heavy atom. The van der Waals surface area contributed by atoms with Gasteiger partial charge in [0.2, 0.25) is 0 Å². The molecule has 62 valence electrons. The van der Waals surface area contributed by atoms with Gasteiger partial charge in [0.15, 0.2) is 0 Å².